The van der Waals surface area contributed by atoms with Gasteiger partial charge in [0.05, 0.1) is 12.1 Å². The van der Waals surface area contributed by atoms with Crippen molar-refractivity contribution in [3.8, 4) is 0 Å². The molecule has 12 heteroatoms. The topological polar surface area (TPSA) is 173 Å². The summed E-state index contributed by atoms with van der Waals surface area (Å²) in [6.07, 6.45) is 1.89. The van der Waals surface area contributed by atoms with Gasteiger partial charge in [-0.05, 0) is 23.1 Å². The zero-order valence-electron chi connectivity index (χ0n) is 17.3. The number of carbonyl (C=O) groups excluding carboxylic acids is 3. The summed E-state index contributed by atoms with van der Waals surface area (Å²) in [5.74, 6) is -2.76. The first kappa shape index (κ1) is 20.8. The molecule has 1 saturated carbocycles. The van der Waals surface area contributed by atoms with E-state index < -0.39 is 35.5 Å². The second-order valence-corrected chi connectivity index (χ2v) is 8.01. The molecular weight excluding hydrogens is 430 g/mol. The van der Waals surface area contributed by atoms with Gasteiger partial charge < -0.3 is 16.2 Å². The number of hydrogen-bond acceptors (Lipinski definition) is 9. The fraction of sp³-hybridized carbons (Fsp3) is 0.286. The van der Waals surface area contributed by atoms with Crippen molar-refractivity contribution < 1.29 is 24.3 Å². The standard InChI is InChI=1S/C21H19N7O5/c22-15-16(18(30)17(15)29)27-4-3-11-2-1-10(5-12(11)8-27)7-23-19(31)13-6-14(20(32)33)28-21(26-13)24-9-25-28/h1-2,5-6,9,15-16H,3-4,7-8,22H2,(H,23,31)(H,32,33). The molecule has 2 unspecified atom stereocenters. The van der Waals surface area contributed by atoms with Crippen molar-refractivity contribution in [3.63, 3.8) is 0 Å². The van der Waals surface area contributed by atoms with E-state index in [0.29, 0.717) is 13.1 Å². The molecule has 1 aromatic carbocycles. The number of hydrogen-bond donors (Lipinski definition) is 3. The van der Waals surface area contributed by atoms with E-state index in [4.69, 9.17) is 5.73 Å². The number of amides is 1. The van der Waals surface area contributed by atoms with Gasteiger partial charge in [-0.3, -0.25) is 19.3 Å². The molecule has 2 aliphatic rings. The Morgan fingerprint density at radius 2 is 2.00 bits per heavy atom. The number of nitrogens with one attached hydrogen (secondary N) is 1. The van der Waals surface area contributed by atoms with Gasteiger partial charge in [0.1, 0.15) is 12.0 Å². The number of nitrogens with two attached hydrogens (primary N) is 1. The summed E-state index contributed by atoms with van der Waals surface area (Å²) in [5.41, 5.74) is 8.48. The van der Waals surface area contributed by atoms with E-state index in [2.05, 4.69) is 20.4 Å². The lowest BCUT2D eigenvalue weighted by Gasteiger charge is -2.41. The number of ketones is 2. The Labute approximate surface area is 186 Å². The van der Waals surface area contributed by atoms with Gasteiger partial charge in [-0.25, -0.2) is 9.78 Å². The first-order valence-corrected chi connectivity index (χ1v) is 10.2. The van der Waals surface area contributed by atoms with Crippen LogP contribution in [0.15, 0.2) is 30.6 Å². The summed E-state index contributed by atoms with van der Waals surface area (Å²) in [4.78, 5) is 57.4. The lowest BCUT2D eigenvalue weighted by Crippen LogP contribution is -2.69. The number of nitrogens with zero attached hydrogens (tertiary/aromatic N) is 5. The highest BCUT2D eigenvalue weighted by Gasteiger charge is 2.50. The maximum atomic E-state index is 12.6. The van der Waals surface area contributed by atoms with Crippen LogP contribution in [0.3, 0.4) is 0 Å². The van der Waals surface area contributed by atoms with Crippen molar-refractivity contribution in [1.82, 2.24) is 29.8 Å². The van der Waals surface area contributed by atoms with Crippen LogP contribution in [0.5, 0.6) is 0 Å². The van der Waals surface area contributed by atoms with Crippen molar-refractivity contribution in [2.24, 2.45) is 5.73 Å². The maximum absolute atomic E-state index is 12.6. The summed E-state index contributed by atoms with van der Waals surface area (Å²) in [6, 6.07) is 5.62. The molecule has 2 aromatic heterocycles. The van der Waals surface area contributed by atoms with Crippen LogP contribution in [0.25, 0.3) is 5.78 Å². The number of aromatic nitrogens is 4. The number of carboxylic acids is 1. The van der Waals surface area contributed by atoms with E-state index in [-0.39, 0.29) is 23.7 Å². The Bertz CT molecular complexity index is 1330. The molecule has 3 aromatic rings. The molecule has 5 rings (SSSR count). The Kier molecular flexibility index (Phi) is 4.95. The van der Waals surface area contributed by atoms with Gasteiger partial charge in [0.25, 0.3) is 11.7 Å². The number of benzene rings is 1. The second kappa shape index (κ2) is 7.83. The van der Waals surface area contributed by atoms with Gasteiger partial charge in [0.2, 0.25) is 11.6 Å². The Hall–Kier alpha value is -4.03. The molecular formula is C21H19N7O5. The van der Waals surface area contributed by atoms with Crippen molar-refractivity contribution in [2.75, 3.05) is 6.54 Å². The normalized spacial score (nSPS) is 20.4. The van der Waals surface area contributed by atoms with E-state index in [1.165, 1.54) is 0 Å². The number of aromatic carboxylic acids is 1. The molecule has 3 heterocycles. The molecule has 0 spiro atoms. The van der Waals surface area contributed by atoms with E-state index in [0.717, 1.165) is 40.0 Å². The van der Waals surface area contributed by atoms with Gasteiger partial charge in [0.15, 0.2) is 5.69 Å². The minimum Gasteiger partial charge on any atom is -0.477 e. The minimum absolute atomic E-state index is 0.0103. The summed E-state index contributed by atoms with van der Waals surface area (Å²) in [5, 5.41) is 15.9. The third kappa shape index (κ3) is 3.54. The highest BCUT2D eigenvalue weighted by molar-refractivity contribution is 6.48. The SMILES string of the molecule is NC1C(=O)C(=O)C1N1CCc2ccc(CNC(=O)c3cc(C(=O)O)n4ncnc4n3)cc2C1. The van der Waals surface area contributed by atoms with Gasteiger partial charge >= 0.3 is 5.97 Å². The molecule has 168 valence electrons. The fourth-order valence-electron chi connectivity index (χ4n) is 4.25. The van der Waals surface area contributed by atoms with Gasteiger partial charge in [-0.1, -0.05) is 18.2 Å². The molecule has 1 aliphatic carbocycles. The molecule has 1 aliphatic heterocycles. The molecule has 0 saturated heterocycles. The third-order valence-electron chi connectivity index (χ3n) is 6.02. The number of Topliss-reactive ketones (excluding diaryl/α,β-unsaturated/α-hetero) is 2. The quantitative estimate of drug-likeness (QED) is 0.408. The molecule has 4 N–H and O–H groups in total. The number of rotatable bonds is 5. The summed E-state index contributed by atoms with van der Waals surface area (Å²) in [7, 11) is 0. The van der Waals surface area contributed by atoms with Crippen LogP contribution < -0.4 is 11.1 Å². The molecule has 0 bridgehead atoms. The molecule has 0 radical (unpaired) electrons. The average Bonchev–Trinajstić information content (AvgIpc) is 3.30. The first-order chi connectivity index (χ1) is 15.8. The smallest absolute Gasteiger partial charge is 0.354 e. The third-order valence-corrected chi connectivity index (χ3v) is 6.02. The fourth-order valence-corrected chi connectivity index (χ4v) is 4.25. The predicted octanol–water partition coefficient (Wildman–Crippen LogP) is -1.04. The highest BCUT2D eigenvalue weighted by atomic mass is 16.4. The summed E-state index contributed by atoms with van der Waals surface area (Å²) < 4.78 is 1.04. The van der Waals surface area contributed by atoms with E-state index in [1.807, 2.05) is 23.1 Å². The summed E-state index contributed by atoms with van der Waals surface area (Å²) >= 11 is 0. The Morgan fingerprint density at radius 3 is 2.76 bits per heavy atom. The van der Waals surface area contributed by atoms with E-state index >= 15 is 0 Å². The van der Waals surface area contributed by atoms with Gasteiger partial charge in [-0.15, -0.1) is 0 Å². The minimum atomic E-state index is -1.26. The first-order valence-electron chi connectivity index (χ1n) is 10.2. The molecule has 33 heavy (non-hydrogen) atoms. The molecule has 12 nitrogen and oxygen atoms in total. The number of carboxylic acid groups (broad SMARTS) is 1. The van der Waals surface area contributed by atoms with Crippen LogP contribution in [0.2, 0.25) is 0 Å². The number of carbonyl (C=O) groups is 4. The van der Waals surface area contributed by atoms with Crippen LogP contribution in [-0.2, 0) is 29.1 Å². The summed E-state index contributed by atoms with van der Waals surface area (Å²) in [6.45, 7) is 1.32. The predicted molar refractivity (Wildman–Crippen MR) is 111 cm³/mol. The van der Waals surface area contributed by atoms with Crippen LogP contribution in [-0.4, -0.2) is 71.7 Å². The lowest BCUT2D eigenvalue weighted by molar-refractivity contribution is -0.150. The van der Waals surface area contributed by atoms with Gasteiger partial charge in [0, 0.05) is 25.7 Å². The van der Waals surface area contributed by atoms with Gasteiger partial charge in [-0.2, -0.15) is 14.6 Å². The lowest BCUT2D eigenvalue weighted by atomic mass is 9.81. The molecule has 1 fully saturated rings. The molecule has 1 amide bonds. The maximum Gasteiger partial charge on any atom is 0.354 e. The van der Waals surface area contributed by atoms with E-state index in [9.17, 15) is 24.3 Å². The zero-order valence-corrected chi connectivity index (χ0v) is 17.3. The van der Waals surface area contributed by atoms with Crippen molar-refractivity contribution in [2.45, 2.75) is 31.6 Å². The van der Waals surface area contributed by atoms with Crippen LogP contribution in [0.1, 0.15) is 37.7 Å². The average molecular weight is 449 g/mol. The second-order valence-electron chi connectivity index (χ2n) is 8.01. The van der Waals surface area contributed by atoms with Crippen molar-refractivity contribution in [1.29, 1.82) is 0 Å². The van der Waals surface area contributed by atoms with Crippen LogP contribution in [0.4, 0.5) is 0 Å². The Balaban J connectivity index is 1.29. The Morgan fingerprint density at radius 1 is 1.18 bits per heavy atom. The largest absolute Gasteiger partial charge is 0.477 e. The van der Waals surface area contributed by atoms with Crippen molar-refractivity contribution >= 4 is 29.2 Å². The van der Waals surface area contributed by atoms with Crippen LogP contribution in [0, 0.1) is 0 Å². The van der Waals surface area contributed by atoms with E-state index in [1.54, 1.807) is 0 Å². The highest BCUT2D eigenvalue weighted by Crippen LogP contribution is 2.26. The monoisotopic (exact) mass is 449 g/mol. The van der Waals surface area contributed by atoms with Crippen molar-refractivity contribution in [3.05, 3.63) is 58.7 Å². The number of fused-ring (bicyclic) bond motifs is 2. The van der Waals surface area contributed by atoms with Crippen LogP contribution >= 0.6 is 0 Å². The molecule has 2 atom stereocenters. The zero-order chi connectivity index (χ0) is 23.3.